The van der Waals surface area contributed by atoms with Crippen LogP contribution < -0.4 is 21.0 Å². The van der Waals surface area contributed by atoms with E-state index in [0.717, 1.165) is 17.0 Å². The number of nitrogens with zero attached hydrogens (tertiary/aromatic N) is 1. The Morgan fingerprint density at radius 3 is 2.15 bits per heavy atom. The lowest BCUT2D eigenvalue weighted by molar-refractivity contribution is -0.120. The first kappa shape index (κ1) is 31.0. The highest BCUT2D eigenvalue weighted by atomic mass is 19.1. The fraction of sp³-hybridized carbons (Fsp3) is 0.444. The third-order valence-corrected chi connectivity index (χ3v) is 7.17. The zero-order valence-electron chi connectivity index (χ0n) is 23.5. The van der Waals surface area contributed by atoms with Crippen LogP contribution in [0.15, 0.2) is 30.3 Å². The largest absolute Gasteiger partial charge is 0.495 e. The van der Waals surface area contributed by atoms with Gasteiger partial charge in [0.1, 0.15) is 18.2 Å². The van der Waals surface area contributed by atoms with Gasteiger partial charge in [0.2, 0.25) is 5.91 Å². The molecule has 3 amide bonds. The summed E-state index contributed by atoms with van der Waals surface area (Å²) in [5, 5.41) is 23.3. The maximum absolute atomic E-state index is 15.2. The fourth-order valence-corrected chi connectivity index (χ4v) is 4.05. The number of anilines is 1. The first-order valence-electron chi connectivity index (χ1n) is 12.6. The average Bonchev–Trinajstić information content (AvgIpc) is 3.05. The number of carboxylic acid groups (broad SMARTS) is 1. The third-order valence-electron chi connectivity index (χ3n) is 7.17. The van der Waals surface area contributed by atoms with Crippen molar-refractivity contribution in [2.24, 2.45) is 0 Å². The van der Waals surface area contributed by atoms with Gasteiger partial charge in [-0.3, -0.25) is 14.5 Å². The Bertz CT molecular complexity index is 1310. The van der Waals surface area contributed by atoms with E-state index < -0.39 is 72.2 Å². The van der Waals surface area contributed by atoms with E-state index in [1.807, 2.05) is 33.0 Å². The number of hydrogen-bond acceptors (Lipinski definition) is 6. The second-order valence-electron chi connectivity index (χ2n) is 11.1. The van der Waals surface area contributed by atoms with Crippen LogP contribution in [0.1, 0.15) is 63.0 Å². The number of aliphatic hydroxyl groups is 1. The van der Waals surface area contributed by atoms with Crippen LogP contribution in [0.3, 0.4) is 0 Å². The molecule has 0 bridgehead atoms. The first-order valence-corrected chi connectivity index (χ1v) is 12.6. The maximum atomic E-state index is 15.2. The van der Waals surface area contributed by atoms with Crippen molar-refractivity contribution in [1.29, 1.82) is 0 Å². The monoisotopic (exact) mass is 561 g/mol. The number of carbonyl (C=O) groups excluding carboxylic acids is 2. The molecule has 216 valence electrons. The Morgan fingerprint density at radius 2 is 1.62 bits per heavy atom. The Balaban J connectivity index is 2.06. The molecule has 0 aromatic heterocycles. The van der Waals surface area contributed by atoms with Gasteiger partial charge in [0.15, 0.2) is 0 Å². The molecule has 0 atom stereocenters. The molecular weight excluding hydrogens is 527 g/mol. The maximum Gasteiger partial charge on any atom is 0.495 e. The van der Waals surface area contributed by atoms with E-state index in [4.69, 9.17) is 14.4 Å². The average molecular weight is 561 g/mol. The zero-order valence-corrected chi connectivity index (χ0v) is 23.5. The van der Waals surface area contributed by atoms with Crippen LogP contribution in [0, 0.1) is 18.6 Å². The molecule has 10 nitrogen and oxygen atoms in total. The molecule has 1 heterocycles. The summed E-state index contributed by atoms with van der Waals surface area (Å²) in [5.74, 6) is -3.37. The number of carbonyl (C=O) groups is 3. The minimum atomic E-state index is -1.43. The molecular formula is C27H34BF2N3O7. The number of halogens is 2. The Kier molecular flexibility index (Phi) is 8.63. The lowest BCUT2D eigenvalue weighted by Gasteiger charge is -2.32. The normalized spacial score (nSPS) is 16.0. The lowest BCUT2D eigenvalue weighted by atomic mass is 9.75. The van der Waals surface area contributed by atoms with Crippen molar-refractivity contribution in [1.82, 2.24) is 10.6 Å². The van der Waals surface area contributed by atoms with Crippen molar-refractivity contribution in [3.05, 3.63) is 58.7 Å². The summed E-state index contributed by atoms with van der Waals surface area (Å²) in [6.45, 7) is 10.7. The summed E-state index contributed by atoms with van der Waals surface area (Å²) < 4.78 is 42.3. The van der Waals surface area contributed by atoms with Crippen LogP contribution in [-0.4, -0.2) is 59.7 Å². The molecule has 0 unspecified atom stereocenters. The van der Waals surface area contributed by atoms with E-state index in [-0.39, 0.29) is 11.3 Å². The van der Waals surface area contributed by atoms with Crippen molar-refractivity contribution >= 4 is 36.2 Å². The summed E-state index contributed by atoms with van der Waals surface area (Å²) in [4.78, 5) is 37.6. The molecule has 4 N–H and O–H groups in total. The van der Waals surface area contributed by atoms with Gasteiger partial charge in [-0.25, -0.2) is 13.6 Å². The second kappa shape index (κ2) is 11.1. The SMILES string of the molecule is Cc1c(B2OC(C)(C)C(C)(C)O2)cc(F)cc1N(CNC(=O)CNC(=O)O)C(=O)c1ccc(C(C)(C)O)cc1F. The van der Waals surface area contributed by atoms with Crippen LogP contribution in [0.5, 0.6) is 0 Å². The lowest BCUT2D eigenvalue weighted by Crippen LogP contribution is -2.46. The molecule has 3 rings (SSSR count). The van der Waals surface area contributed by atoms with Gasteiger partial charge in [0.05, 0.1) is 34.7 Å². The third kappa shape index (κ3) is 6.60. The predicted octanol–water partition coefficient (Wildman–Crippen LogP) is 2.79. The van der Waals surface area contributed by atoms with Gasteiger partial charge in [-0.15, -0.1) is 0 Å². The molecule has 1 aliphatic rings. The van der Waals surface area contributed by atoms with Gasteiger partial charge >= 0.3 is 13.2 Å². The van der Waals surface area contributed by atoms with Crippen molar-refractivity contribution < 1.29 is 42.7 Å². The van der Waals surface area contributed by atoms with Gasteiger partial charge in [-0.05, 0) is 89.3 Å². The molecule has 1 fully saturated rings. The van der Waals surface area contributed by atoms with Gasteiger partial charge in [-0.1, -0.05) is 6.07 Å². The van der Waals surface area contributed by atoms with E-state index in [0.29, 0.717) is 11.0 Å². The van der Waals surface area contributed by atoms with Gasteiger partial charge in [0, 0.05) is 0 Å². The fourth-order valence-electron chi connectivity index (χ4n) is 4.05. The minimum absolute atomic E-state index is 0.00664. The number of benzene rings is 2. The van der Waals surface area contributed by atoms with Gasteiger partial charge in [-0.2, -0.15) is 0 Å². The Morgan fingerprint density at radius 1 is 1.02 bits per heavy atom. The number of rotatable bonds is 8. The Hall–Kier alpha value is -3.55. The van der Waals surface area contributed by atoms with Crippen LogP contribution in [0.4, 0.5) is 19.3 Å². The number of hydrogen-bond donors (Lipinski definition) is 4. The number of amides is 3. The van der Waals surface area contributed by atoms with Crippen LogP contribution in [0.25, 0.3) is 0 Å². The topological polar surface area (TPSA) is 137 Å². The van der Waals surface area contributed by atoms with E-state index >= 15 is 8.78 Å². The molecule has 0 saturated carbocycles. The first-order chi connectivity index (χ1) is 18.3. The van der Waals surface area contributed by atoms with Gasteiger partial charge < -0.3 is 30.2 Å². The second-order valence-corrected chi connectivity index (χ2v) is 11.1. The molecule has 0 radical (unpaired) electrons. The smallest absolute Gasteiger partial charge is 0.465 e. The van der Waals surface area contributed by atoms with Crippen LogP contribution >= 0.6 is 0 Å². The van der Waals surface area contributed by atoms with Crippen molar-refractivity contribution in [3.8, 4) is 0 Å². The quantitative estimate of drug-likeness (QED) is 0.287. The highest BCUT2D eigenvalue weighted by Gasteiger charge is 2.52. The predicted molar refractivity (Wildman–Crippen MR) is 144 cm³/mol. The van der Waals surface area contributed by atoms with Crippen molar-refractivity contribution in [2.45, 2.75) is 65.3 Å². The van der Waals surface area contributed by atoms with E-state index in [2.05, 4.69) is 5.32 Å². The molecule has 1 aliphatic heterocycles. The number of nitrogens with one attached hydrogen (secondary N) is 2. The van der Waals surface area contributed by atoms with Crippen LogP contribution in [0.2, 0.25) is 0 Å². The van der Waals surface area contributed by atoms with Crippen molar-refractivity contribution in [3.63, 3.8) is 0 Å². The summed E-state index contributed by atoms with van der Waals surface area (Å²) in [6.07, 6.45) is -1.43. The van der Waals surface area contributed by atoms with Crippen LogP contribution in [-0.2, 0) is 19.7 Å². The van der Waals surface area contributed by atoms with E-state index in [9.17, 15) is 19.5 Å². The van der Waals surface area contributed by atoms with Crippen molar-refractivity contribution in [2.75, 3.05) is 18.1 Å². The zero-order chi connectivity index (χ0) is 30.2. The highest BCUT2D eigenvalue weighted by Crippen LogP contribution is 2.37. The summed E-state index contributed by atoms with van der Waals surface area (Å²) in [7, 11) is -0.978. The summed E-state index contributed by atoms with van der Waals surface area (Å²) in [6, 6.07) is 5.88. The molecule has 0 spiro atoms. The molecule has 13 heteroatoms. The van der Waals surface area contributed by atoms with E-state index in [1.165, 1.54) is 32.0 Å². The molecule has 2 aromatic carbocycles. The van der Waals surface area contributed by atoms with E-state index in [1.54, 1.807) is 6.92 Å². The van der Waals surface area contributed by atoms with Gasteiger partial charge in [0.25, 0.3) is 5.91 Å². The molecule has 1 saturated heterocycles. The molecule has 40 heavy (non-hydrogen) atoms. The standard InChI is InChI=1S/C27H34BF2N3O7/c1-15-19(28-39-26(4,5)27(6,7)40-28)11-17(29)12-21(15)33(14-32-22(34)13-31-24(36)37)23(35)18-9-8-16(10-20(18)30)25(2,3)38/h8-12,31,38H,13-14H2,1-7H3,(H,32,34)(H,36,37). The summed E-state index contributed by atoms with van der Waals surface area (Å²) >= 11 is 0. The summed E-state index contributed by atoms with van der Waals surface area (Å²) in [5.41, 5.74) is -2.33. The minimum Gasteiger partial charge on any atom is -0.465 e. The Labute approximate surface area is 231 Å². The molecule has 2 aromatic rings. The highest BCUT2D eigenvalue weighted by molar-refractivity contribution is 6.62. The molecule has 0 aliphatic carbocycles.